The number of fused-ring (bicyclic) bond motifs is 3. The van der Waals surface area contributed by atoms with Crippen LogP contribution in [0.4, 0.5) is 10.6 Å². The molecule has 1 aromatic heterocycles. The van der Waals surface area contributed by atoms with Crippen LogP contribution in [0.15, 0.2) is 0 Å². The number of likely N-dealkylation sites (tertiary alicyclic amines) is 1. The van der Waals surface area contributed by atoms with Crippen LogP contribution in [-0.2, 0) is 13.0 Å². The van der Waals surface area contributed by atoms with Crippen LogP contribution in [0.1, 0.15) is 36.9 Å². The summed E-state index contributed by atoms with van der Waals surface area (Å²) in [7, 11) is 2.14. The number of piperazine rings is 1. The number of anilines is 1. The van der Waals surface area contributed by atoms with Crippen molar-refractivity contribution in [2.24, 2.45) is 0 Å². The maximum atomic E-state index is 11.6. The first kappa shape index (κ1) is 18.9. The fraction of sp³-hybridized carbons (Fsp3) is 0.750. The SMILES string of the molecule is CN1CCCC1COc1nc2c(c(N3C[C@H]4CC[C@@H](C3)N4C(=O)O)n1)CCNC2. The van der Waals surface area contributed by atoms with E-state index in [4.69, 9.17) is 14.7 Å². The van der Waals surface area contributed by atoms with Crippen LogP contribution in [0.3, 0.4) is 0 Å². The van der Waals surface area contributed by atoms with Gasteiger partial charge in [0.25, 0.3) is 0 Å². The fourth-order valence-electron chi connectivity index (χ4n) is 5.39. The Bertz CT molecular complexity index is 776. The second kappa shape index (κ2) is 7.60. The van der Waals surface area contributed by atoms with E-state index in [0.29, 0.717) is 31.7 Å². The summed E-state index contributed by atoms with van der Waals surface area (Å²) in [5, 5.41) is 13.0. The maximum absolute atomic E-state index is 11.6. The smallest absolute Gasteiger partial charge is 0.407 e. The number of hydrogen-bond donors (Lipinski definition) is 2. The molecule has 4 aliphatic heterocycles. The van der Waals surface area contributed by atoms with Gasteiger partial charge in [-0.2, -0.15) is 9.97 Å². The van der Waals surface area contributed by atoms with E-state index in [1.807, 2.05) is 0 Å². The zero-order chi connectivity index (χ0) is 20.0. The Morgan fingerprint density at radius 3 is 2.72 bits per heavy atom. The molecule has 3 saturated heterocycles. The van der Waals surface area contributed by atoms with Gasteiger partial charge in [-0.25, -0.2) is 4.79 Å². The molecule has 5 heterocycles. The van der Waals surface area contributed by atoms with E-state index in [-0.39, 0.29) is 12.1 Å². The number of carbonyl (C=O) groups is 1. The van der Waals surface area contributed by atoms with Gasteiger partial charge in [-0.1, -0.05) is 0 Å². The largest absolute Gasteiger partial charge is 0.465 e. The lowest BCUT2D eigenvalue weighted by molar-refractivity contribution is 0.114. The quantitative estimate of drug-likeness (QED) is 0.768. The summed E-state index contributed by atoms with van der Waals surface area (Å²) in [6.45, 7) is 4.77. The van der Waals surface area contributed by atoms with E-state index >= 15 is 0 Å². The Morgan fingerprint density at radius 1 is 1.24 bits per heavy atom. The molecule has 1 amide bonds. The number of ether oxygens (including phenoxy) is 1. The molecule has 1 unspecified atom stereocenters. The highest BCUT2D eigenvalue weighted by atomic mass is 16.5. The minimum Gasteiger partial charge on any atom is -0.465 e. The van der Waals surface area contributed by atoms with E-state index in [9.17, 15) is 9.90 Å². The normalized spacial score (nSPS) is 29.2. The maximum Gasteiger partial charge on any atom is 0.407 e. The number of nitrogens with zero attached hydrogens (tertiary/aromatic N) is 5. The lowest BCUT2D eigenvalue weighted by Crippen LogP contribution is -2.56. The van der Waals surface area contributed by atoms with Crippen LogP contribution >= 0.6 is 0 Å². The van der Waals surface area contributed by atoms with Crippen molar-refractivity contribution in [2.45, 2.75) is 56.8 Å². The molecular formula is C20H30N6O3. The third-order valence-electron chi connectivity index (χ3n) is 6.97. The van der Waals surface area contributed by atoms with Gasteiger partial charge in [-0.3, -0.25) is 4.90 Å². The van der Waals surface area contributed by atoms with Crippen molar-refractivity contribution in [3.8, 4) is 6.01 Å². The van der Waals surface area contributed by atoms with Gasteiger partial charge in [0.2, 0.25) is 0 Å². The Morgan fingerprint density at radius 2 is 2.03 bits per heavy atom. The van der Waals surface area contributed by atoms with Crippen molar-refractivity contribution >= 4 is 11.9 Å². The molecule has 9 heteroatoms. The topological polar surface area (TPSA) is 94.1 Å². The van der Waals surface area contributed by atoms with Crippen molar-refractivity contribution in [2.75, 3.05) is 44.7 Å². The van der Waals surface area contributed by atoms with E-state index in [1.54, 1.807) is 4.90 Å². The lowest BCUT2D eigenvalue weighted by atomic mass is 10.1. The van der Waals surface area contributed by atoms with Gasteiger partial charge in [-0.15, -0.1) is 0 Å². The third-order valence-corrected chi connectivity index (χ3v) is 6.97. The van der Waals surface area contributed by atoms with Gasteiger partial charge in [0.15, 0.2) is 0 Å². The van der Waals surface area contributed by atoms with Crippen molar-refractivity contribution in [1.29, 1.82) is 0 Å². The van der Waals surface area contributed by atoms with Gasteiger partial charge in [0.05, 0.1) is 17.8 Å². The molecule has 5 rings (SSSR count). The molecule has 2 bridgehead atoms. The zero-order valence-corrected chi connectivity index (χ0v) is 17.0. The average molecular weight is 402 g/mol. The molecule has 0 saturated carbocycles. The van der Waals surface area contributed by atoms with Crippen LogP contribution in [0.2, 0.25) is 0 Å². The minimum atomic E-state index is -0.796. The standard InChI is InChI=1S/C20H30N6O3/c1-24-8-2-3-15(24)12-29-19-22-17-9-21-7-6-16(17)18(23-19)25-10-13-4-5-14(11-25)26(13)20(27)28/h13-15,21H,2-12H2,1H3,(H,27,28)/t13-,14+,15?. The van der Waals surface area contributed by atoms with Crippen molar-refractivity contribution in [1.82, 2.24) is 25.1 Å². The summed E-state index contributed by atoms with van der Waals surface area (Å²) < 4.78 is 6.06. The monoisotopic (exact) mass is 402 g/mol. The van der Waals surface area contributed by atoms with E-state index in [0.717, 1.165) is 56.8 Å². The van der Waals surface area contributed by atoms with Gasteiger partial charge in [-0.05, 0) is 52.2 Å². The molecule has 0 radical (unpaired) electrons. The van der Waals surface area contributed by atoms with Crippen molar-refractivity contribution in [3.63, 3.8) is 0 Å². The highest BCUT2D eigenvalue weighted by Crippen LogP contribution is 2.35. The Hall–Kier alpha value is -2.13. The molecular weight excluding hydrogens is 372 g/mol. The summed E-state index contributed by atoms with van der Waals surface area (Å²) in [6.07, 6.45) is 4.32. The minimum absolute atomic E-state index is 0.0510. The summed E-state index contributed by atoms with van der Waals surface area (Å²) in [4.78, 5) is 27.4. The molecule has 158 valence electrons. The number of rotatable bonds is 4. The van der Waals surface area contributed by atoms with E-state index in [1.165, 1.54) is 12.0 Å². The molecule has 1 aromatic rings. The predicted molar refractivity (Wildman–Crippen MR) is 107 cm³/mol. The number of nitrogens with one attached hydrogen (secondary N) is 1. The molecule has 3 atom stereocenters. The van der Waals surface area contributed by atoms with Crippen LogP contribution in [0, 0.1) is 0 Å². The first-order chi connectivity index (χ1) is 14.1. The number of carboxylic acid groups (broad SMARTS) is 1. The molecule has 2 N–H and O–H groups in total. The Labute approximate surface area is 171 Å². The van der Waals surface area contributed by atoms with Gasteiger partial charge >= 0.3 is 12.1 Å². The molecule has 4 aliphatic rings. The Kier molecular flexibility index (Phi) is 4.95. The van der Waals surface area contributed by atoms with Crippen LogP contribution in [0.25, 0.3) is 0 Å². The first-order valence-electron chi connectivity index (χ1n) is 10.8. The van der Waals surface area contributed by atoms with Crippen LogP contribution in [0.5, 0.6) is 6.01 Å². The second-order valence-electron chi connectivity index (χ2n) is 8.75. The van der Waals surface area contributed by atoms with Crippen LogP contribution in [-0.4, -0.2) is 88.9 Å². The summed E-state index contributed by atoms with van der Waals surface area (Å²) >= 11 is 0. The zero-order valence-electron chi connectivity index (χ0n) is 17.0. The summed E-state index contributed by atoms with van der Waals surface area (Å²) in [6, 6.07) is 0.979. The van der Waals surface area contributed by atoms with Gasteiger partial charge < -0.3 is 25.0 Å². The number of hydrogen-bond acceptors (Lipinski definition) is 7. The van der Waals surface area contributed by atoms with Gasteiger partial charge in [0.1, 0.15) is 12.4 Å². The summed E-state index contributed by atoms with van der Waals surface area (Å²) in [5.41, 5.74) is 2.21. The number of aromatic nitrogens is 2. The molecule has 0 spiro atoms. The van der Waals surface area contributed by atoms with Crippen molar-refractivity contribution in [3.05, 3.63) is 11.3 Å². The Balaban J connectivity index is 1.39. The summed E-state index contributed by atoms with van der Waals surface area (Å²) in [5.74, 6) is 0.952. The second-order valence-corrected chi connectivity index (χ2v) is 8.75. The molecule has 9 nitrogen and oxygen atoms in total. The lowest BCUT2D eigenvalue weighted by Gasteiger charge is -2.41. The molecule has 3 fully saturated rings. The fourth-order valence-corrected chi connectivity index (χ4v) is 5.39. The van der Waals surface area contributed by atoms with Crippen LogP contribution < -0.4 is 15.0 Å². The first-order valence-corrected chi connectivity index (χ1v) is 10.8. The molecule has 29 heavy (non-hydrogen) atoms. The predicted octanol–water partition coefficient (Wildman–Crippen LogP) is 0.926. The highest BCUT2D eigenvalue weighted by Gasteiger charge is 2.43. The number of likely N-dealkylation sites (N-methyl/N-ethyl adjacent to an activating group) is 1. The molecule has 0 aromatic carbocycles. The van der Waals surface area contributed by atoms with Gasteiger partial charge in [0, 0.05) is 31.2 Å². The average Bonchev–Trinajstić information content (AvgIpc) is 3.25. The van der Waals surface area contributed by atoms with E-state index in [2.05, 4.69) is 22.2 Å². The number of amides is 1. The molecule has 0 aliphatic carbocycles. The van der Waals surface area contributed by atoms with E-state index < -0.39 is 6.09 Å². The highest BCUT2D eigenvalue weighted by molar-refractivity contribution is 5.67. The van der Waals surface area contributed by atoms with Crippen molar-refractivity contribution < 1.29 is 14.6 Å². The third kappa shape index (κ3) is 3.50.